The topological polar surface area (TPSA) is 97.4 Å². The average molecular weight is 406 g/mol. The van der Waals surface area contributed by atoms with E-state index in [0.717, 1.165) is 5.69 Å². The molecule has 0 saturated heterocycles. The molecule has 0 aliphatic rings. The van der Waals surface area contributed by atoms with Crippen molar-refractivity contribution in [3.63, 3.8) is 0 Å². The molecule has 0 spiro atoms. The number of nitrogens with zero attached hydrogens (tertiary/aromatic N) is 1. The minimum absolute atomic E-state index is 0.0864. The van der Waals surface area contributed by atoms with Gasteiger partial charge in [0, 0.05) is 24.9 Å². The number of hydrogen-bond donors (Lipinski definition) is 2. The lowest BCUT2D eigenvalue weighted by Crippen LogP contribution is -2.47. The van der Waals surface area contributed by atoms with Crippen molar-refractivity contribution >= 4 is 15.9 Å². The summed E-state index contributed by atoms with van der Waals surface area (Å²) in [6.07, 6.45) is 2.67. The Balaban J connectivity index is 2.03. The van der Waals surface area contributed by atoms with E-state index in [4.69, 9.17) is 4.74 Å². The summed E-state index contributed by atoms with van der Waals surface area (Å²) >= 11 is 0. The quantitative estimate of drug-likeness (QED) is 0.631. The van der Waals surface area contributed by atoms with Crippen LogP contribution in [-0.4, -0.2) is 39.0 Å². The molecule has 7 nitrogen and oxygen atoms in total. The van der Waals surface area contributed by atoms with Gasteiger partial charge in [0.05, 0.1) is 12.0 Å². The number of carbonyl (C=O) groups is 1. The Morgan fingerprint density at radius 1 is 1.14 bits per heavy atom. The van der Waals surface area contributed by atoms with E-state index in [1.807, 2.05) is 32.0 Å². The lowest BCUT2D eigenvalue weighted by atomic mass is 10.0. The molecular formula is C20H27N3O4S. The molecule has 0 unspecified atom stereocenters. The first-order valence-corrected chi connectivity index (χ1v) is 10.6. The molecule has 2 aromatic rings. The molecule has 1 amide bonds. The maximum Gasteiger partial charge on any atom is 0.241 e. The molecule has 2 N–H and O–H groups in total. The van der Waals surface area contributed by atoms with E-state index < -0.39 is 16.1 Å². The second-order valence-corrected chi connectivity index (χ2v) is 8.56. The van der Waals surface area contributed by atoms with E-state index in [-0.39, 0.29) is 16.7 Å². The second kappa shape index (κ2) is 10.2. The highest BCUT2D eigenvalue weighted by Crippen LogP contribution is 2.17. The zero-order chi connectivity index (χ0) is 20.6. The van der Waals surface area contributed by atoms with Crippen LogP contribution in [-0.2, 0) is 21.2 Å². The SMILES string of the molecule is COc1ccc(S(=O)(=O)N[C@@H](CC(C)C)C(=O)NCCc2ccccn2)cc1. The number of pyridine rings is 1. The largest absolute Gasteiger partial charge is 0.497 e. The van der Waals surface area contributed by atoms with Crippen molar-refractivity contribution in [2.45, 2.75) is 37.6 Å². The lowest BCUT2D eigenvalue weighted by Gasteiger charge is -2.20. The van der Waals surface area contributed by atoms with Crippen LogP contribution < -0.4 is 14.8 Å². The maximum atomic E-state index is 12.7. The molecular weight excluding hydrogens is 378 g/mol. The van der Waals surface area contributed by atoms with Crippen LogP contribution in [0.3, 0.4) is 0 Å². The first kappa shape index (κ1) is 21.8. The number of nitrogens with one attached hydrogen (secondary N) is 2. The van der Waals surface area contributed by atoms with E-state index >= 15 is 0 Å². The predicted octanol–water partition coefficient (Wildman–Crippen LogP) is 2.14. The van der Waals surface area contributed by atoms with Crippen LogP contribution in [0.2, 0.25) is 0 Å². The highest BCUT2D eigenvalue weighted by molar-refractivity contribution is 7.89. The number of sulfonamides is 1. The van der Waals surface area contributed by atoms with Gasteiger partial charge in [-0.2, -0.15) is 4.72 Å². The summed E-state index contributed by atoms with van der Waals surface area (Å²) in [5, 5.41) is 2.80. The highest BCUT2D eigenvalue weighted by Gasteiger charge is 2.26. The third-order valence-electron chi connectivity index (χ3n) is 4.10. The number of aromatic nitrogens is 1. The van der Waals surface area contributed by atoms with Crippen molar-refractivity contribution < 1.29 is 17.9 Å². The van der Waals surface area contributed by atoms with Gasteiger partial charge >= 0.3 is 0 Å². The molecule has 1 atom stereocenters. The number of benzene rings is 1. The monoisotopic (exact) mass is 405 g/mol. The molecule has 0 bridgehead atoms. The Morgan fingerprint density at radius 2 is 1.86 bits per heavy atom. The van der Waals surface area contributed by atoms with Gasteiger partial charge in [-0.15, -0.1) is 0 Å². The van der Waals surface area contributed by atoms with E-state index in [0.29, 0.717) is 25.1 Å². The summed E-state index contributed by atoms with van der Waals surface area (Å²) in [5.41, 5.74) is 0.863. The summed E-state index contributed by atoms with van der Waals surface area (Å²) in [5.74, 6) is 0.358. The Labute approximate surface area is 166 Å². The zero-order valence-corrected chi connectivity index (χ0v) is 17.2. The smallest absolute Gasteiger partial charge is 0.241 e. The number of ether oxygens (including phenoxy) is 1. The second-order valence-electron chi connectivity index (χ2n) is 6.84. The van der Waals surface area contributed by atoms with Gasteiger partial charge < -0.3 is 10.1 Å². The van der Waals surface area contributed by atoms with Crippen molar-refractivity contribution in [1.82, 2.24) is 15.0 Å². The first-order chi connectivity index (χ1) is 13.3. The van der Waals surface area contributed by atoms with Crippen LogP contribution in [0, 0.1) is 5.92 Å². The third kappa shape index (κ3) is 6.61. The lowest BCUT2D eigenvalue weighted by molar-refractivity contribution is -0.123. The Hall–Kier alpha value is -2.45. The zero-order valence-electron chi connectivity index (χ0n) is 16.4. The molecule has 2 rings (SSSR count). The molecule has 1 aromatic carbocycles. The maximum absolute atomic E-state index is 12.7. The van der Waals surface area contributed by atoms with Crippen LogP contribution in [0.15, 0.2) is 53.6 Å². The molecule has 152 valence electrons. The molecule has 0 aliphatic carbocycles. The number of rotatable bonds is 10. The molecule has 1 aromatic heterocycles. The Kier molecular flexibility index (Phi) is 7.95. The number of methoxy groups -OCH3 is 1. The van der Waals surface area contributed by atoms with Crippen LogP contribution in [0.4, 0.5) is 0 Å². The first-order valence-electron chi connectivity index (χ1n) is 9.16. The number of carbonyl (C=O) groups excluding carboxylic acids is 1. The molecule has 1 heterocycles. The number of hydrogen-bond acceptors (Lipinski definition) is 5. The predicted molar refractivity (Wildman–Crippen MR) is 108 cm³/mol. The molecule has 0 saturated carbocycles. The average Bonchev–Trinajstić information content (AvgIpc) is 2.67. The van der Waals surface area contributed by atoms with Crippen molar-refractivity contribution in [2.75, 3.05) is 13.7 Å². The summed E-state index contributed by atoms with van der Waals surface area (Å²) in [4.78, 5) is 16.9. The van der Waals surface area contributed by atoms with Crippen molar-refractivity contribution in [3.05, 3.63) is 54.4 Å². The summed E-state index contributed by atoms with van der Waals surface area (Å²) in [6, 6.07) is 10.8. The van der Waals surface area contributed by atoms with Crippen LogP contribution >= 0.6 is 0 Å². The third-order valence-corrected chi connectivity index (χ3v) is 5.58. The van der Waals surface area contributed by atoms with Crippen molar-refractivity contribution in [2.24, 2.45) is 5.92 Å². The van der Waals surface area contributed by atoms with Gasteiger partial charge in [0.1, 0.15) is 11.8 Å². The summed E-state index contributed by atoms with van der Waals surface area (Å²) < 4.78 is 32.9. The van der Waals surface area contributed by atoms with Gasteiger partial charge in [-0.25, -0.2) is 8.42 Å². The van der Waals surface area contributed by atoms with Gasteiger partial charge in [0.15, 0.2) is 0 Å². The fourth-order valence-electron chi connectivity index (χ4n) is 2.67. The van der Waals surface area contributed by atoms with Crippen LogP contribution in [0.25, 0.3) is 0 Å². The van der Waals surface area contributed by atoms with E-state index in [9.17, 15) is 13.2 Å². The van der Waals surface area contributed by atoms with Crippen LogP contribution in [0.5, 0.6) is 5.75 Å². The molecule has 28 heavy (non-hydrogen) atoms. The van der Waals surface area contributed by atoms with E-state index in [2.05, 4.69) is 15.0 Å². The number of amides is 1. The van der Waals surface area contributed by atoms with Gasteiger partial charge in [-0.3, -0.25) is 9.78 Å². The van der Waals surface area contributed by atoms with Crippen molar-refractivity contribution in [1.29, 1.82) is 0 Å². The molecule has 0 radical (unpaired) electrons. The summed E-state index contributed by atoms with van der Waals surface area (Å²) in [7, 11) is -2.32. The minimum Gasteiger partial charge on any atom is -0.497 e. The van der Waals surface area contributed by atoms with Gasteiger partial charge in [-0.05, 0) is 48.7 Å². The van der Waals surface area contributed by atoms with Gasteiger partial charge in [0.25, 0.3) is 0 Å². The Bertz CT molecular complexity index is 853. The Morgan fingerprint density at radius 3 is 2.43 bits per heavy atom. The van der Waals surface area contributed by atoms with E-state index in [1.54, 1.807) is 18.3 Å². The molecule has 0 aliphatic heterocycles. The minimum atomic E-state index is -3.83. The van der Waals surface area contributed by atoms with Gasteiger partial charge in [0.2, 0.25) is 15.9 Å². The van der Waals surface area contributed by atoms with E-state index in [1.165, 1.54) is 19.2 Å². The fourth-order valence-corrected chi connectivity index (χ4v) is 3.88. The standard InChI is InChI=1S/C20H27N3O4S/c1-15(2)14-19(20(24)22-13-11-16-6-4-5-12-21-16)23-28(25,26)18-9-7-17(27-3)8-10-18/h4-10,12,15,19,23H,11,13-14H2,1-3H3,(H,22,24)/t19-/m0/s1. The van der Waals surface area contributed by atoms with Gasteiger partial charge in [-0.1, -0.05) is 19.9 Å². The normalized spacial score (nSPS) is 12.6. The van der Waals surface area contributed by atoms with Crippen LogP contribution in [0.1, 0.15) is 26.0 Å². The van der Waals surface area contributed by atoms with Crippen molar-refractivity contribution in [3.8, 4) is 5.75 Å². The molecule has 8 heteroatoms. The highest BCUT2D eigenvalue weighted by atomic mass is 32.2. The fraction of sp³-hybridized carbons (Fsp3) is 0.400. The summed E-state index contributed by atoms with van der Waals surface area (Å²) in [6.45, 7) is 4.26. The molecule has 0 fully saturated rings.